The SMILES string of the molecule is COCC1CCCN(CCC(N)c2cccc(Cl)c2)C1. The molecule has 0 aromatic heterocycles. The van der Waals surface area contributed by atoms with Crippen LogP contribution in [0.1, 0.15) is 30.9 Å². The Morgan fingerprint density at radius 3 is 3.10 bits per heavy atom. The Hall–Kier alpha value is -0.610. The van der Waals surface area contributed by atoms with Gasteiger partial charge in [-0.05, 0) is 56.0 Å². The van der Waals surface area contributed by atoms with Crippen LogP contribution in [0.25, 0.3) is 0 Å². The second-order valence-electron chi connectivity index (χ2n) is 5.71. The number of likely N-dealkylation sites (tertiary alicyclic amines) is 1. The third-order valence-corrected chi connectivity index (χ3v) is 4.27. The second-order valence-corrected chi connectivity index (χ2v) is 6.15. The van der Waals surface area contributed by atoms with Gasteiger partial charge >= 0.3 is 0 Å². The van der Waals surface area contributed by atoms with Crippen LogP contribution in [0.2, 0.25) is 5.02 Å². The van der Waals surface area contributed by atoms with Gasteiger partial charge < -0.3 is 15.4 Å². The molecule has 1 heterocycles. The van der Waals surface area contributed by atoms with E-state index in [1.165, 1.54) is 19.4 Å². The molecule has 1 aromatic rings. The Balaban J connectivity index is 1.79. The van der Waals surface area contributed by atoms with E-state index >= 15 is 0 Å². The molecule has 0 aliphatic carbocycles. The monoisotopic (exact) mass is 296 g/mol. The lowest BCUT2D eigenvalue weighted by Crippen LogP contribution is -2.38. The van der Waals surface area contributed by atoms with Crippen LogP contribution in [0.15, 0.2) is 24.3 Å². The van der Waals surface area contributed by atoms with Crippen molar-refractivity contribution in [1.29, 1.82) is 0 Å². The van der Waals surface area contributed by atoms with Crippen LogP contribution in [0.5, 0.6) is 0 Å². The average molecular weight is 297 g/mol. The first-order chi connectivity index (χ1) is 9.69. The lowest BCUT2D eigenvalue weighted by molar-refractivity contribution is 0.0892. The molecule has 2 unspecified atom stereocenters. The molecule has 0 bridgehead atoms. The molecule has 20 heavy (non-hydrogen) atoms. The van der Waals surface area contributed by atoms with Crippen molar-refractivity contribution in [2.75, 3.05) is 33.4 Å². The molecular formula is C16H25ClN2O. The summed E-state index contributed by atoms with van der Waals surface area (Å²) in [7, 11) is 1.79. The summed E-state index contributed by atoms with van der Waals surface area (Å²) in [6.45, 7) is 4.24. The van der Waals surface area contributed by atoms with Crippen LogP contribution in [0, 0.1) is 5.92 Å². The summed E-state index contributed by atoms with van der Waals surface area (Å²) in [6.07, 6.45) is 3.52. The summed E-state index contributed by atoms with van der Waals surface area (Å²) in [5, 5.41) is 0.760. The van der Waals surface area contributed by atoms with E-state index in [0.717, 1.165) is 36.7 Å². The third-order valence-electron chi connectivity index (χ3n) is 4.04. The molecule has 1 aliphatic heterocycles. The lowest BCUT2D eigenvalue weighted by Gasteiger charge is -2.33. The quantitative estimate of drug-likeness (QED) is 0.877. The molecule has 2 atom stereocenters. The van der Waals surface area contributed by atoms with Gasteiger partial charge in [0.05, 0.1) is 6.61 Å². The Morgan fingerprint density at radius 2 is 2.35 bits per heavy atom. The van der Waals surface area contributed by atoms with Crippen LogP contribution in [-0.4, -0.2) is 38.3 Å². The topological polar surface area (TPSA) is 38.5 Å². The van der Waals surface area contributed by atoms with E-state index in [2.05, 4.69) is 11.0 Å². The maximum atomic E-state index is 6.26. The van der Waals surface area contributed by atoms with Gasteiger partial charge in [-0.2, -0.15) is 0 Å². The largest absolute Gasteiger partial charge is 0.384 e. The minimum absolute atomic E-state index is 0.0662. The smallest absolute Gasteiger partial charge is 0.0502 e. The van der Waals surface area contributed by atoms with Gasteiger partial charge in [-0.15, -0.1) is 0 Å². The third kappa shape index (κ3) is 4.74. The fourth-order valence-corrected chi connectivity index (χ4v) is 3.15. The molecule has 4 heteroatoms. The fourth-order valence-electron chi connectivity index (χ4n) is 2.95. The van der Waals surface area contributed by atoms with Crippen molar-refractivity contribution in [1.82, 2.24) is 4.90 Å². The van der Waals surface area contributed by atoms with Gasteiger partial charge in [0.1, 0.15) is 0 Å². The van der Waals surface area contributed by atoms with E-state index in [4.69, 9.17) is 22.1 Å². The van der Waals surface area contributed by atoms with Crippen molar-refractivity contribution in [3.05, 3.63) is 34.9 Å². The van der Waals surface area contributed by atoms with Crippen molar-refractivity contribution < 1.29 is 4.74 Å². The molecule has 1 saturated heterocycles. The lowest BCUT2D eigenvalue weighted by atomic mass is 9.98. The van der Waals surface area contributed by atoms with Crippen molar-refractivity contribution in [3.63, 3.8) is 0 Å². The number of hydrogen-bond acceptors (Lipinski definition) is 3. The minimum Gasteiger partial charge on any atom is -0.384 e. The van der Waals surface area contributed by atoms with E-state index in [9.17, 15) is 0 Å². The summed E-state index contributed by atoms with van der Waals surface area (Å²) in [5.41, 5.74) is 7.39. The normalized spacial score (nSPS) is 21.9. The van der Waals surface area contributed by atoms with Crippen molar-refractivity contribution in [2.45, 2.75) is 25.3 Å². The maximum absolute atomic E-state index is 6.26. The number of ether oxygens (including phenoxy) is 1. The molecule has 0 radical (unpaired) electrons. The molecule has 1 aliphatic rings. The molecular weight excluding hydrogens is 272 g/mol. The molecule has 112 valence electrons. The maximum Gasteiger partial charge on any atom is 0.0502 e. The summed E-state index contributed by atoms with van der Waals surface area (Å²) in [4.78, 5) is 2.51. The van der Waals surface area contributed by atoms with Crippen LogP contribution >= 0.6 is 11.6 Å². The number of hydrogen-bond donors (Lipinski definition) is 1. The summed E-state index contributed by atoms with van der Waals surface area (Å²) >= 11 is 6.01. The number of methoxy groups -OCH3 is 1. The number of halogens is 1. The molecule has 0 spiro atoms. The van der Waals surface area contributed by atoms with Crippen molar-refractivity contribution in [2.24, 2.45) is 11.7 Å². The average Bonchev–Trinajstić information content (AvgIpc) is 2.45. The van der Waals surface area contributed by atoms with Gasteiger partial charge in [-0.25, -0.2) is 0 Å². The van der Waals surface area contributed by atoms with Gasteiger partial charge in [-0.1, -0.05) is 23.7 Å². The van der Waals surface area contributed by atoms with Gasteiger partial charge in [0, 0.05) is 24.7 Å². The Labute approximate surface area is 127 Å². The number of rotatable bonds is 6. The number of nitrogens with zero attached hydrogens (tertiary/aromatic N) is 1. The Bertz CT molecular complexity index is 411. The number of benzene rings is 1. The van der Waals surface area contributed by atoms with E-state index in [1.807, 2.05) is 18.2 Å². The Kier molecular flexibility index (Phi) is 6.30. The van der Waals surface area contributed by atoms with Crippen molar-refractivity contribution >= 4 is 11.6 Å². The van der Waals surface area contributed by atoms with Gasteiger partial charge in [0.15, 0.2) is 0 Å². The highest BCUT2D eigenvalue weighted by Crippen LogP contribution is 2.21. The summed E-state index contributed by atoms with van der Waals surface area (Å²) in [6, 6.07) is 7.94. The first kappa shape index (κ1) is 15.8. The van der Waals surface area contributed by atoms with E-state index in [1.54, 1.807) is 7.11 Å². The van der Waals surface area contributed by atoms with Crippen LogP contribution in [-0.2, 0) is 4.74 Å². The van der Waals surface area contributed by atoms with Crippen molar-refractivity contribution in [3.8, 4) is 0 Å². The highest BCUT2D eigenvalue weighted by Gasteiger charge is 2.20. The molecule has 1 fully saturated rings. The zero-order chi connectivity index (χ0) is 14.4. The minimum atomic E-state index is 0.0662. The molecule has 2 N–H and O–H groups in total. The number of nitrogens with two attached hydrogens (primary N) is 1. The first-order valence-electron chi connectivity index (χ1n) is 7.41. The molecule has 3 nitrogen and oxygen atoms in total. The molecule has 0 saturated carbocycles. The summed E-state index contributed by atoms with van der Waals surface area (Å²) < 4.78 is 5.27. The molecule has 1 aromatic carbocycles. The van der Waals surface area contributed by atoms with Gasteiger partial charge in [-0.3, -0.25) is 0 Å². The Morgan fingerprint density at radius 1 is 1.50 bits per heavy atom. The number of piperidine rings is 1. The standard InChI is InChI=1S/C16H25ClN2O/c1-20-12-13-4-3-8-19(11-13)9-7-16(18)14-5-2-6-15(17)10-14/h2,5-6,10,13,16H,3-4,7-9,11-12,18H2,1H3. The molecule has 2 rings (SSSR count). The first-order valence-corrected chi connectivity index (χ1v) is 7.79. The zero-order valence-electron chi connectivity index (χ0n) is 12.2. The van der Waals surface area contributed by atoms with Gasteiger partial charge in [0.25, 0.3) is 0 Å². The molecule has 0 amide bonds. The predicted molar refractivity (Wildman–Crippen MR) is 84.0 cm³/mol. The van der Waals surface area contributed by atoms with E-state index < -0.39 is 0 Å². The van der Waals surface area contributed by atoms with Crippen LogP contribution < -0.4 is 5.73 Å². The van der Waals surface area contributed by atoms with E-state index in [0.29, 0.717) is 5.92 Å². The zero-order valence-corrected chi connectivity index (χ0v) is 13.0. The highest BCUT2D eigenvalue weighted by atomic mass is 35.5. The van der Waals surface area contributed by atoms with E-state index in [-0.39, 0.29) is 6.04 Å². The highest BCUT2D eigenvalue weighted by molar-refractivity contribution is 6.30. The summed E-state index contributed by atoms with van der Waals surface area (Å²) in [5.74, 6) is 0.677. The predicted octanol–water partition coefficient (Wildman–Crippen LogP) is 3.09. The van der Waals surface area contributed by atoms with Gasteiger partial charge in [0.2, 0.25) is 0 Å². The second kappa shape index (κ2) is 7.99. The fraction of sp³-hybridized carbons (Fsp3) is 0.625. The van der Waals surface area contributed by atoms with Crippen LogP contribution in [0.3, 0.4) is 0 Å². The van der Waals surface area contributed by atoms with Crippen LogP contribution in [0.4, 0.5) is 0 Å².